The molecule has 2 rings (SSSR count). The summed E-state index contributed by atoms with van der Waals surface area (Å²) in [5.74, 6) is 1.31. The van der Waals surface area contributed by atoms with E-state index >= 15 is 0 Å². The highest BCUT2D eigenvalue weighted by Crippen LogP contribution is 2.42. The highest BCUT2D eigenvalue weighted by molar-refractivity contribution is 8.03. The van der Waals surface area contributed by atoms with Crippen molar-refractivity contribution in [2.24, 2.45) is 0 Å². The smallest absolute Gasteiger partial charge is 0.00905 e. The van der Waals surface area contributed by atoms with Crippen LogP contribution in [0.25, 0.3) is 0 Å². The average molecular weight is 152 g/mol. The Morgan fingerprint density at radius 3 is 2.90 bits per heavy atom. The van der Waals surface area contributed by atoms with Gasteiger partial charge in [-0.15, -0.1) is 11.8 Å². The van der Waals surface area contributed by atoms with Crippen LogP contribution in [0.5, 0.6) is 0 Å². The van der Waals surface area contributed by atoms with Crippen molar-refractivity contribution in [2.45, 2.75) is 25.7 Å². The van der Waals surface area contributed by atoms with E-state index in [9.17, 15) is 0 Å². The monoisotopic (exact) mass is 152 g/mol. The molecular weight excluding hydrogens is 140 g/mol. The van der Waals surface area contributed by atoms with E-state index in [1.54, 1.807) is 10.5 Å². The van der Waals surface area contributed by atoms with Gasteiger partial charge in [0.2, 0.25) is 0 Å². The highest BCUT2D eigenvalue weighted by Gasteiger charge is 2.20. The Hall–Kier alpha value is -0.170. The second-order valence-corrected chi connectivity index (χ2v) is 4.09. The minimum absolute atomic E-state index is 1.24. The molecule has 1 aliphatic heterocycles. The zero-order valence-electron chi connectivity index (χ0n) is 6.15. The maximum Gasteiger partial charge on any atom is 0.00905 e. The van der Waals surface area contributed by atoms with Crippen molar-refractivity contribution < 1.29 is 0 Å². The molecule has 1 heteroatoms. The van der Waals surface area contributed by atoms with Crippen molar-refractivity contribution in [1.82, 2.24) is 0 Å². The first-order valence-corrected chi connectivity index (χ1v) is 4.89. The van der Waals surface area contributed by atoms with Gasteiger partial charge in [-0.3, -0.25) is 0 Å². The first kappa shape index (κ1) is 6.53. The van der Waals surface area contributed by atoms with Gasteiger partial charge in [-0.05, 0) is 31.3 Å². The first-order chi connectivity index (χ1) is 4.88. The van der Waals surface area contributed by atoms with Crippen molar-refractivity contribution in [2.75, 3.05) is 5.75 Å². The van der Waals surface area contributed by atoms with E-state index in [1.807, 2.05) is 11.8 Å². The lowest BCUT2D eigenvalue weighted by Gasteiger charge is -2.14. The van der Waals surface area contributed by atoms with Crippen LogP contribution in [-0.4, -0.2) is 5.75 Å². The Balaban J connectivity index is 2.31. The SMILES string of the molecule is C=C1CCCC2=C1SCC2. The maximum atomic E-state index is 4.08. The Labute approximate surface area is 66.4 Å². The van der Waals surface area contributed by atoms with E-state index in [4.69, 9.17) is 0 Å². The van der Waals surface area contributed by atoms with Crippen LogP contribution < -0.4 is 0 Å². The second-order valence-electron chi connectivity index (χ2n) is 2.99. The number of allylic oxidation sites excluding steroid dienone is 2. The van der Waals surface area contributed by atoms with Crippen molar-refractivity contribution in [3.05, 3.63) is 22.6 Å². The van der Waals surface area contributed by atoms with E-state index in [1.165, 1.54) is 37.0 Å². The molecule has 0 aromatic carbocycles. The third-order valence-corrected chi connectivity index (χ3v) is 3.52. The third-order valence-electron chi connectivity index (χ3n) is 2.25. The summed E-state index contributed by atoms with van der Waals surface area (Å²) in [4.78, 5) is 1.56. The number of hydrogen-bond acceptors (Lipinski definition) is 1. The summed E-state index contributed by atoms with van der Waals surface area (Å²) in [6, 6.07) is 0. The molecule has 0 saturated carbocycles. The first-order valence-electron chi connectivity index (χ1n) is 3.91. The van der Waals surface area contributed by atoms with E-state index in [-0.39, 0.29) is 0 Å². The van der Waals surface area contributed by atoms with Crippen LogP contribution in [0.2, 0.25) is 0 Å². The summed E-state index contributed by atoms with van der Waals surface area (Å²) in [7, 11) is 0. The normalized spacial score (nSPS) is 25.4. The van der Waals surface area contributed by atoms with Gasteiger partial charge in [0.25, 0.3) is 0 Å². The quantitative estimate of drug-likeness (QED) is 0.514. The van der Waals surface area contributed by atoms with Crippen LogP contribution in [0.3, 0.4) is 0 Å². The van der Waals surface area contributed by atoms with Crippen LogP contribution in [0, 0.1) is 0 Å². The molecule has 1 aliphatic carbocycles. The predicted molar refractivity (Wildman–Crippen MR) is 47.1 cm³/mol. The van der Waals surface area contributed by atoms with Crippen molar-refractivity contribution >= 4 is 11.8 Å². The Morgan fingerprint density at radius 2 is 2.10 bits per heavy atom. The van der Waals surface area contributed by atoms with Gasteiger partial charge in [0.05, 0.1) is 0 Å². The van der Waals surface area contributed by atoms with E-state index in [0.717, 1.165) is 0 Å². The lowest BCUT2D eigenvalue weighted by atomic mass is 9.95. The zero-order valence-corrected chi connectivity index (χ0v) is 6.97. The molecule has 10 heavy (non-hydrogen) atoms. The molecule has 0 bridgehead atoms. The van der Waals surface area contributed by atoms with Gasteiger partial charge in [-0.1, -0.05) is 12.2 Å². The summed E-state index contributed by atoms with van der Waals surface area (Å²) in [6.07, 6.45) is 5.27. The fraction of sp³-hybridized carbons (Fsp3) is 0.556. The molecule has 0 aromatic rings. The third kappa shape index (κ3) is 0.929. The second kappa shape index (κ2) is 2.46. The van der Waals surface area contributed by atoms with Crippen molar-refractivity contribution in [3.63, 3.8) is 0 Å². The molecular formula is C9H12S. The van der Waals surface area contributed by atoms with Gasteiger partial charge in [0.1, 0.15) is 0 Å². The molecule has 0 radical (unpaired) electrons. The molecule has 0 spiro atoms. The number of thioether (sulfide) groups is 1. The Kier molecular flexibility index (Phi) is 1.61. The average Bonchev–Trinajstić information content (AvgIpc) is 2.36. The van der Waals surface area contributed by atoms with Gasteiger partial charge < -0.3 is 0 Å². The summed E-state index contributed by atoms with van der Waals surface area (Å²) in [5.41, 5.74) is 3.10. The van der Waals surface area contributed by atoms with Crippen LogP contribution >= 0.6 is 11.8 Å². The van der Waals surface area contributed by atoms with Crippen LogP contribution in [0.1, 0.15) is 25.7 Å². The molecule has 0 atom stereocenters. The van der Waals surface area contributed by atoms with E-state index < -0.39 is 0 Å². The summed E-state index contributed by atoms with van der Waals surface area (Å²) >= 11 is 2.01. The predicted octanol–water partition coefficient (Wildman–Crippen LogP) is 3.12. The molecule has 2 aliphatic rings. The topological polar surface area (TPSA) is 0 Å². The van der Waals surface area contributed by atoms with Crippen LogP contribution in [0.15, 0.2) is 22.6 Å². The zero-order chi connectivity index (χ0) is 6.97. The largest absolute Gasteiger partial charge is 0.126 e. The lowest BCUT2D eigenvalue weighted by Crippen LogP contribution is -1.94. The molecule has 1 heterocycles. The summed E-state index contributed by atoms with van der Waals surface area (Å²) in [6.45, 7) is 4.08. The van der Waals surface area contributed by atoms with Crippen LogP contribution in [-0.2, 0) is 0 Å². The van der Waals surface area contributed by atoms with E-state index in [0.29, 0.717) is 0 Å². The van der Waals surface area contributed by atoms with Gasteiger partial charge in [-0.2, -0.15) is 0 Å². The summed E-state index contributed by atoms with van der Waals surface area (Å²) in [5, 5.41) is 0. The van der Waals surface area contributed by atoms with Gasteiger partial charge >= 0.3 is 0 Å². The molecule has 0 aromatic heterocycles. The molecule has 0 amide bonds. The summed E-state index contributed by atoms with van der Waals surface area (Å²) < 4.78 is 0. The molecule has 0 N–H and O–H groups in total. The van der Waals surface area contributed by atoms with Gasteiger partial charge in [-0.25, -0.2) is 0 Å². The Morgan fingerprint density at radius 1 is 1.20 bits per heavy atom. The number of rotatable bonds is 0. The maximum absolute atomic E-state index is 4.08. The molecule has 0 nitrogen and oxygen atoms in total. The van der Waals surface area contributed by atoms with E-state index in [2.05, 4.69) is 6.58 Å². The molecule has 0 saturated heterocycles. The highest BCUT2D eigenvalue weighted by atomic mass is 32.2. The fourth-order valence-electron chi connectivity index (χ4n) is 1.71. The number of hydrogen-bond donors (Lipinski definition) is 0. The minimum Gasteiger partial charge on any atom is -0.126 e. The van der Waals surface area contributed by atoms with Crippen molar-refractivity contribution in [1.29, 1.82) is 0 Å². The minimum atomic E-state index is 1.24. The van der Waals surface area contributed by atoms with Gasteiger partial charge in [0, 0.05) is 10.7 Å². The lowest BCUT2D eigenvalue weighted by molar-refractivity contribution is 0.764. The van der Waals surface area contributed by atoms with Gasteiger partial charge in [0.15, 0.2) is 0 Å². The Bertz CT molecular complexity index is 201. The standard InChI is InChI=1S/C9H12S/c1-7-3-2-4-8-5-6-10-9(7)8/h1-6H2. The molecule has 54 valence electrons. The fourth-order valence-corrected chi connectivity index (χ4v) is 2.98. The molecule has 0 fully saturated rings. The van der Waals surface area contributed by atoms with Crippen LogP contribution in [0.4, 0.5) is 0 Å². The van der Waals surface area contributed by atoms with Crippen molar-refractivity contribution in [3.8, 4) is 0 Å². The molecule has 0 unspecified atom stereocenters.